The Balaban J connectivity index is 1.74. The first kappa shape index (κ1) is 18.5. The van der Waals surface area contributed by atoms with Gasteiger partial charge in [-0.2, -0.15) is 0 Å². The van der Waals surface area contributed by atoms with Crippen LogP contribution in [0.3, 0.4) is 0 Å². The van der Waals surface area contributed by atoms with Crippen molar-refractivity contribution in [2.75, 3.05) is 49.2 Å². The highest BCUT2D eigenvalue weighted by molar-refractivity contribution is 6.32. The van der Waals surface area contributed by atoms with Gasteiger partial charge in [0.25, 0.3) is 0 Å². The molecule has 3 N–H and O–H groups in total. The maximum atomic E-state index is 6.08. The fraction of sp³-hybridized carbons (Fsp3) is 0.238. The Morgan fingerprint density at radius 1 is 1.04 bits per heavy atom. The molecule has 7 heteroatoms. The molecule has 3 aromatic rings. The number of rotatable bonds is 4. The highest BCUT2D eigenvalue weighted by Crippen LogP contribution is 2.35. The van der Waals surface area contributed by atoms with E-state index in [-0.39, 0.29) is 5.15 Å². The van der Waals surface area contributed by atoms with Crippen molar-refractivity contribution in [1.29, 1.82) is 0 Å². The van der Waals surface area contributed by atoms with Gasteiger partial charge in [0.2, 0.25) is 0 Å². The minimum Gasteiger partial charge on any atom is -0.393 e. The second-order valence-electron chi connectivity index (χ2n) is 6.86. The van der Waals surface area contributed by atoms with Crippen LogP contribution < -0.4 is 16.0 Å². The number of hydrogen-bond donors (Lipinski definition) is 2. The lowest BCUT2D eigenvalue weighted by atomic mass is 10.0. The van der Waals surface area contributed by atoms with Gasteiger partial charge in [0, 0.05) is 26.2 Å². The van der Waals surface area contributed by atoms with Crippen LogP contribution in [0.1, 0.15) is 0 Å². The lowest BCUT2D eigenvalue weighted by molar-refractivity contribution is 0.313. The van der Waals surface area contributed by atoms with E-state index in [0.717, 1.165) is 48.7 Å². The van der Waals surface area contributed by atoms with Crippen LogP contribution in [0.5, 0.6) is 0 Å². The van der Waals surface area contributed by atoms with E-state index in [1.54, 1.807) is 0 Å². The van der Waals surface area contributed by atoms with Crippen LogP contribution in [-0.4, -0.2) is 48.1 Å². The van der Waals surface area contributed by atoms with Gasteiger partial charge in [0.05, 0.1) is 11.4 Å². The zero-order valence-electron chi connectivity index (χ0n) is 15.7. The Morgan fingerprint density at radius 2 is 1.79 bits per heavy atom. The number of nitrogens with two attached hydrogens (primary N) is 1. The van der Waals surface area contributed by atoms with E-state index in [1.807, 2.05) is 24.3 Å². The molecule has 0 bridgehead atoms. The SMILES string of the molecule is CN1CCN(c2ccc(-c3cc[c]cc3)cc2Nc2ncnc(Cl)c2N)CC1. The average molecular weight is 394 g/mol. The molecule has 4 rings (SSSR count). The summed E-state index contributed by atoms with van der Waals surface area (Å²) in [6, 6.07) is 17.4. The van der Waals surface area contributed by atoms with Gasteiger partial charge in [0.15, 0.2) is 11.0 Å². The maximum absolute atomic E-state index is 6.08. The van der Waals surface area contributed by atoms with Crippen LogP contribution in [0.2, 0.25) is 5.15 Å². The molecule has 1 saturated heterocycles. The summed E-state index contributed by atoms with van der Waals surface area (Å²) in [7, 11) is 2.15. The maximum Gasteiger partial charge on any atom is 0.158 e. The van der Waals surface area contributed by atoms with Crippen molar-refractivity contribution in [1.82, 2.24) is 14.9 Å². The molecule has 28 heavy (non-hydrogen) atoms. The van der Waals surface area contributed by atoms with Crippen LogP contribution in [0, 0.1) is 6.07 Å². The molecule has 0 amide bonds. The monoisotopic (exact) mass is 393 g/mol. The molecule has 2 heterocycles. The molecule has 1 fully saturated rings. The van der Waals surface area contributed by atoms with Crippen molar-refractivity contribution in [3.63, 3.8) is 0 Å². The molecule has 1 radical (unpaired) electrons. The second kappa shape index (κ2) is 8.04. The molecule has 6 nitrogen and oxygen atoms in total. The minimum absolute atomic E-state index is 0.244. The number of benzene rings is 2. The first-order valence-corrected chi connectivity index (χ1v) is 9.56. The van der Waals surface area contributed by atoms with Crippen molar-refractivity contribution in [3.05, 3.63) is 60.0 Å². The van der Waals surface area contributed by atoms with E-state index in [9.17, 15) is 0 Å². The lowest BCUT2D eigenvalue weighted by Crippen LogP contribution is -2.44. The van der Waals surface area contributed by atoms with Gasteiger partial charge in [-0.1, -0.05) is 41.9 Å². The van der Waals surface area contributed by atoms with Crippen molar-refractivity contribution in [3.8, 4) is 11.1 Å². The fourth-order valence-corrected chi connectivity index (χ4v) is 3.45. The molecular formula is C21H22ClN6. The van der Waals surface area contributed by atoms with E-state index in [2.05, 4.69) is 56.4 Å². The van der Waals surface area contributed by atoms with Crippen LogP contribution >= 0.6 is 11.6 Å². The predicted octanol–water partition coefficient (Wildman–Crippen LogP) is 3.67. The number of nitrogens with zero attached hydrogens (tertiary/aromatic N) is 4. The second-order valence-corrected chi connectivity index (χ2v) is 7.22. The summed E-state index contributed by atoms with van der Waals surface area (Å²) in [6.45, 7) is 3.98. The Hall–Kier alpha value is -2.83. The topological polar surface area (TPSA) is 70.3 Å². The third-order valence-corrected chi connectivity index (χ3v) is 5.28. The van der Waals surface area contributed by atoms with Crippen molar-refractivity contribution >= 4 is 34.5 Å². The van der Waals surface area contributed by atoms with Crippen molar-refractivity contribution < 1.29 is 0 Å². The molecule has 1 aromatic heterocycles. The van der Waals surface area contributed by atoms with E-state index in [0.29, 0.717) is 11.5 Å². The lowest BCUT2D eigenvalue weighted by Gasteiger charge is -2.35. The highest BCUT2D eigenvalue weighted by atomic mass is 35.5. The summed E-state index contributed by atoms with van der Waals surface area (Å²) in [5.74, 6) is 0.508. The number of aromatic nitrogens is 2. The highest BCUT2D eigenvalue weighted by Gasteiger charge is 2.19. The number of anilines is 4. The standard InChI is InChI=1S/C21H22ClN6/c1-27-9-11-28(12-10-27)18-8-7-16(15-5-3-2-4-6-15)13-17(18)26-21-19(23)20(22)24-14-25-21/h3-8,13-14H,9-12,23H2,1H3,(H,24,25,26). The van der Waals surface area contributed by atoms with Crippen LogP contribution in [-0.2, 0) is 0 Å². The van der Waals surface area contributed by atoms with Crippen LogP contribution in [0.25, 0.3) is 11.1 Å². The zero-order chi connectivity index (χ0) is 19.5. The number of nitrogens with one attached hydrogen (secondary N) is 1. The van der Waals surface area contributed by atoms with Gasteiger partial charge in [-0.15, -0.1) is 0 Å². The summed E-state index contributed by atoms with van der Waals surface area (Å²) in [5, 5.41) is 3.62. The van der Waals surface area contributed by atoms with Crippen LogP contribution in [0.15, 0.2) is 48.8 Å². The third kappa shape index (κ3) is 3.88. The first-order valence-electron chi connectivity index (χ1n) is 9.19. The summed E-state index contributed by atoms with van der Waals surface area (Å²) < 4.78 is 0. The summed E-state index contributed by atoms with van der Waals surface area (Å²) in [6.07, 6.45) is 1.41. The van der Waals surface area contributed by atoms with Gasteiger partial charge in [-0.3, -0.25) is 0 Å². The normalized spacial score (nSPS) is 14.9. The van der Waals surface area contributed by atoms with Gasteiger partial charge >= 0.3 is 0 Å². The van der Waals surface area contributed by atoms with Gasteiger partial charge < -0.3 is 20.9 Å². The minimum atomic E-state index is 0.244. The van der Waals surface area contributed by atoms with E-state index < -0.39 is 0 Å². The molecular weight excluding hydrogens is 372 g/mol. The smallest absolute Gasteiger partial charge is 0.158 e. The molecule has 0 aliphatic carbocycles. The summed E-state index contributed by atoms with van der Waals surface area (Å²) in [4.78, 5) is 12.9. The zero-order valence-corrected chi connectivity index (χ0v) is 16.4. The molecule has 1 aliphatic rings. The fourth-order valence-electron chi connectivity index (χ4n) is 3.32. The number of hydrogen-bond acceptors (Lipinski definition) is 6. The molecule has 0 unspecified atom stereocenters. The van der Waals surface area contributed by atoms with E-state index >= 15 is 0 Å². The van der Waals surface area contributed by atoms with Crippen molar-refractivity contribution in [2.24, 2.45) is 0 Å². The molecule has 143 valence electrons. The molecule has 0 saturated carbocycles. The molecule has 0 spiro atoms. The quantitative estimate of drug-likeness (QED) is 0.659. The molecule has 2 aromatic carbocycles. The Labute approximate surface area is 170 Å². The number of nitrogen functional groups attached to an aromatic ring is 1. The van der Waals surface area contributed by atoms with E-state index in [4.69, 9.17) is 17.3 Å². The summed E-state index contributed by atoms with van der Waals surface area (Å²) >= 11 is 6.08. The molecule has 0 atom stereocenters. The predicted molar refractivity (Wildman–Crippen MR) is 115 cm³/mol. The summed E-state index contributed by atoms with van der Waals surface area (Å²) in [5.41, 5.74) is 10.7. The first-order chi connectivity index (χ1) is 13.6. The van der Waals surface area contributed by atoms with Gasteiger partial charge in [-0.25, -0.2) is 9.97 Å². The van der Waals surface area contributed by atoms with Gasteiger partial charge in [0.1, 0.15) is 12.0 Å². The Morgan fingerprint density at radius 3 is 2.54 bits per heavy atom. The van der Waals surface area contributed by atoms with Gasteiger partial charge in [-0.05, 0) is 36.4 Å². The van der Waals surface area contributed by atoms with Crippen molar-refractivity contribution in [2.45, 2.75) is 0 Å². The Bertz CT molecular complexity index is 954. The number of piperazine rings is 1. The number of halogens is 1. The number of likely N-dealkylation sites (N-methyl/N-ethyl adjacent to an activating group) is 1. The average Bonchev–Trinajstić information content (AvgIpc) is 2.73. The largest absolute Gasteiger partial charge is 0.393 e. The van der Waals surface area contributed by atoms with Crippen LogP contribution in [0.4, 0.5) is 22.9 Å². The Kier molecular flexibility index (Phi) is 5.32. The third-order valence-electron chi connectivity index (χ3n) is 4.98. The van der Waals surface area contributed by atoms with E-state index in [1.165, 1.54) is 6.33 Å². The molecule has 1 aliphatic heterocycles.